The van der Waals surface area contributed by atoms with Crippen LogP contribution in [0.25, 0.3) is 0 Å². The summed E-state index contributed by atoms with van der Waals surface area (Å²) < 4.78 is 0. The lowest BCUT2D eigenvalue weighted by atomic mass is 10.1. The zero-order valence-electron chi connectivity index (χ0n) is 14.8. The molecular weight excluding hydrogens is 312 g/mol. The number of hydrogen-bond donors (Lipinski definition) is 1. The standard InChI is InChI=1S/C20H26N4O/c1-17(19-7-9-21-10-8-19)22-20(25)16-24-13-11-23(12-14-24)15-18-5-3-2-4-6-18/h2-10,17H,11-16H2,1H3,(H,22,25)/t17-/m1/s1. The van der Waals surface area contributed by atoms with E-state index in [1.807, 2.05) is 25.1 Å². The van der Waals surface area contributed by atoms with Gasteiger partial charge in [0.25, 0.3) is 0 Å². The quantitative estimate of drug-likeness (QED) is 0.876. The van der Waals surface area contributed by atoms with Crippen LogP contribution in [-0.4, -0.2) is 53.4 Å². The van der Waals surface area contributed by atoms with Crippen molar-refractivity contribution in [3.05, 3.63) is 66.0 Å². The van der Waals surface area contributed by atoms with E-state index in [9.17, 15) is 4.79 Å². The minimum absolute atomic E-state index is 0.00914. The number of amides is 1. The van der Waals surface area contributed by atoms with Crippen LogP contribution in [0, 0.1) is 0 Å². The largest absolute Gasteiger partial charge is 0.348 e. The van der Waals surface area contributed by atoms with Gasteiger partial charge in [-0.3, -0.25) is 19.6 Å². The number of nitrogens with zero attached hydrogens (tertiary/aromatic N) is 3. The van der Waals surface area contributed by atoms with Gasteiger partial charge in [0.2, 0.25) is 5.91 Å². The summed E-state index contributed by atoms with van der Waals surface area (Å²) in [7, 11) is 0. The van der Waals surface area contributed by atoms with Crippen molar-refractivity contribution < 1.29 is 4.79 Å². The van der Waals surface area contributed by atoms with Crippen LogP contribution < -0.4 is 5.32 Å². The van der Waals surface area contributed by atoms with E-state index in [1.54, 1.807) is 12.4 Å². The van der Waals surface area contributed by atoms with Crippen molar-refractivity contribution in [1.82, 2.24) is 20.1 Å². The molecule has 5 nitrogen and oxygen atoms in total. The Morgan fingerprint density at radius 1 is 1.04 bits per heavy atom. The van der Waals surface area contributed by atoms with E-state index in [0.29, 0.717) is 6.54 Å². The van der Waals surface area contributed by atoms with Gasteiger partial charge in [0.1, 0.15) is 0 Å². The van der Waals surface area contributed by atoms with Gasteiger partial charge >= 0.3 is 0 Å². The SMILES string of the molecule is C[C@@H](NC(=O)CN1CCN(Cc2ccccc2)CC1)c1ccncc1. The summed E-state index contributed by atoms with van der Waals surface area (Å²) in [6.07, 6.45) is 3.51. The maximum Gasteiger partial charge on any atom is 0.234 e. The Balaban J connectivity index is 1.40. The van der Waals surface area contributed by atoms with Gasteiger partial charge < -0.3 is 5.32 Å². The second-order valence-electron chi connectivity index (χ2n) is 6.61. The minimum atomic E-state index is 0.00914. The van der Waals surface area contributed by atoms with Crippen molar-refractivity contribution in [1.29, 1.82) is 0 Å². The first kappa shape index (κ1) is 17.6. The molecule has 3 rings (SSSR count). The maximum absolute atomic E-state index is 12.3. The van der Waals surface area contributed by atoms with E-state index in [-0.39, 0.29) is 11.9 Å². The van der Waals surface area contributed by atoms with Crippen molar-refractivity contribution in [2.45, 2.75) is 19.5 Å². The third-order valence-corrected chi connectivity index (χ3v) is 4.66. The van der Waals surface area contributed by atoms with Crippen molar-refractivity contribution in [2.24, 2.45) is 0 Å². The Morgan fingerprint density at radius 2 is 1.68 bits per heavy atom. The van der Waals surface area contributed by atoms with E-state index in [1.165, 1.54) is 5.56 Å². The number of hydrogen-bond acceptors (Lipinski definition) is 4. The number of aromatic nitrogens is 1. The summed E-state index contributed by atoms with van der Waals surface area (Å²) in [5.74, 6) is 0.0841. The molecule has 1 fully saturated rings. The first-order valence-corrected chi connectivity index (χ1v) is 8.88. The molecule has 0 aliphatic carbocycles. The van der Waals surface area contributed by atoms with Gasteiger partial charge in [-0.25, -0.2) is 0 Å². The number of pyridine rings is 1. The molecule has 2 heterocycles. The van der Waals surface area contributed by atoms with Crippen LogP contribution in [0.4, 0.5) is 0 Å². The van der Waals surface area contributed by atoms with E-state index in [4.69, 9.17) is 0 Å². The zero-order chi connectivity index (χ0) is 17.5. The van der Waals surface area contributed by atoms with E-state index in [0.717, 1.165) is 38.3 Å². The molecule has 0 radical (unpaired) electrons. The minimum Gasteiger partial charge on any atom is -0.348 e. The van der Waals surface area contributed by atoms with E-state index < -0.39 is 0 Å². The lowest BCUT2D eigenvalue weighted by Gasteiger charge is -2.34. The number of carbonyl (C=O) groups excluding carboxylic acids is 1. The number of rotatable bonds is 6. The Morgan fingerprint density at radius 3 is 2.36 bits per heavy atom. The first-order chi connectivity index (χ1) is 12.2. The van der Waals surface area contributed by atoms with Crippen LogP contribution in [0.3, 0.4) is 0 Å². The fourth-order valence-corrected chi connectivity index (χ4v) is 3.17. The predicted octanol–water partition coefficient (Wildman–Crippen LogP) is 2.08. The molecule has 1 aliphatic rings. The summed E-state index contributed by atoms with van der Waals surface area (Å²) in [6.45, 7) is 7.33. The van der Waals surface area contributed by atoms with Gasteiger partial charge in [-0.05, 0) is 30.2 Å². The highest BCUT2D eigenvalue weighted by molar-refractivity contribution is 5.78. The Labute approximate surface area is 149 Å². The highest BCUT2D eigenvalue weighted by Crippen LogP contribution is 2.11. The molecule has 2 aromatic rings. The summed E-state index contributed by atoms with van der Waals surface area (Å²) in [5.41, 5.74) is 2.43. The highest BCUT2D eigenvalue weighted by atomic mass is 16.2. The van der Waals surface area contributed by atoms with E-state index in [2.05, 4.69) is 44.4 Å². The fourth-order valence-electron chi connectivity index (χ4n) is 3.17. The predicted molar refractivity (Wildman–Crippen MR) is 99.0 cm³/mol. The molecule has 1 aromatic heterocycles. The molecule has 1 aromatic carbocycles. The van der Waals surface area contributed by atoms with Crippen LogP contribution in [0.2, 0.25) is 0 Å². The van der Waals surface area contributed by atoms with Crippen LogP contribution in [0.5, 0.6) is 0 Å². The number of piperazine rings is 1. The third kappa shape index (κ3) is 5.37. The second kappa shape index (κ2) is 8.74. The molecule has 1 atom stereocenters. The lowest BCUT2D eigenvalue weighted by Crippen LogP contribution is -2.49. The Bertz CT molecular complexity index is 654. The molecule has 1 saturated heterocycles. The van der Waals surface area contributed by atoms with Gasteiger partial charge in [-0.1, -0.05) is 30.3 Å². The molecule has 0 spiro atoms. The van der Waals surface area contributed by atoms with Gasteiger partial charge in [-0.2, -0.15) is 0 Å². The first-order valence-electron chi connectivity index (χ1n) is 8.88. The van der Waals surface area contributed by atoms with Crippen molar-refractivity contribution >= 4 is 5.91 Å². The van der Waals surface area contributed by atoms with Crippen LogP contribution in [0.15, 0.2) is 54.9 Å². The molecule has 1 amide bonds. The molecule has 0 unspecified atom stereocenters. The number of benzene rings is 1. The molecule has 1 aliphatic heterocycles. The van der Waals surface area contributed by atoms with Gasteiger partial charge in [0.15, 0.2) is 0 Å². The fraction of sp³-hybridized carbons (Fsp3) is 0.400. The Kier molecular flexibility index (Phi) is 6.14. The van der Waals surface area contributed by atoms with Gasteiger partial charge in [0, 0.05) is 45.1 Å². The van der Waals surface area contributed by atoms with Crippen molar-refractivity contribution in [2.75, 3.05) is 32.7 Å². The summed E-state index contributed by atoms with van der Waals surface area (Å²) in [6, 6.07) is 14.4. The average Bonchev–Trinajstić information content (AvgIpc) is 2.65. The molecule has 1 N–H and O–H groups in total. The topological polar surface area (TPSA) is 48.5 Å². The summed E-state index contributed by atoms with van der Waals surface area (Å²) in [4.78, 5) is 21.0. The van der Waals surface area contributed by atoms with Gasteiger partial charge in [-0.15, -0.1) is 0 Å². The van der Waals surface area contributed by atoms with Gasteiger partial charge in [0.05, 0.1) is 12.6 Å². The second-order valence-corrected chi connectivity index (χ2v) is 6.61. The lowest BCUT2D eigenvalue weighted by molar-refractivity contribution is -0.123. The normalized spacial score (nSPS) is 17.2. The molecular formula is C20H26N4O. The third-order valence-electron chi connectivity index (χ3n) is 4.66. The molecule has 0 saturated carbocycles. The highest BCUT2D eigenvalue weighted by Gasteiger charge is 2.19. The number of carbonyl (C=O) groups is 1. The van der Waals surface area contributed by atoms with Crippen molar-refractivity contribution in [3.63, 3.8) is 0 Å². The smallest absolute Gasteiger partial charge is 0.234 e. The van der Waals surface area contributed by atoms with Crippen molar-refractivity contribution in [3.8, 4) is 0 Å². The van der Waals surface area contributed by atoms with Crippen LogP contribution in [0.1, 0.15) is 24.1 Å². The maximum atomic E-state index is 12.3. The molecule has 25 heavy (non-hydrogen) atoms. The molecule has 0 bridgehead atoms. The van der Waals surface area contributed by atoms with Crippen LogP contribution in [-0.2, 0) is 11.3 Å². The monoisotopic (exact) mass is 338 g/mol. The van der Waals surface area contributed by atoms with Crippen LogP contribution >= 0.6 is 0 Å². The molecule has 5 heteroatoms. The summed E-state index contributed by atoms with van der Waals surface area (Å²) in [5, 5.41) is 3.07. The number of nitrogens with one attached hydrogen (secondary N) is 1. The zero-order valence-corrected chi connectivity index (χ0v) is 14.8. The average molecular weight is 338 g/mol. The Hall–Kier alpha value is -2.24. The summed E-state index contributed by atoms with van der Waals surface area (Å²) >= 11 is 0. The molecule has 132 valence electrons. The van der Waals surface area contributed by atoms with E-state index >= 15 is 0 Å².